The quantitative estimate of drug-likeness (QED) is 0.382. The van der Waals surface area contributed by atoms with Gasteiger partial charge in [-0.25, -0.2) is 18.0 Å². The largest absolute Gasteiger partial charge is 0.428 e. The van der Waals surface area contributed by atoms with Gasteiger partial charge in [-0.05, 0) is 99.8 Å². The molecule has 3 heterocycles. The zero-order valence-electron chi connectivity index (χ0n) is 25.7. The third-order valence-electron chi connectivity index (χ3n) is 10.9. The standard InChI is InChI=1S/C33H43F3N4O5/c1-44-24-9-6-19(7-10-24)25-12-13-39(31(42)21-4-2-20(3-5-21)26(37)16-34)29(25)30(41)38-23-8-11-27-22(14-23)15-28-32(43)45-33(17-35,18-36)40(27)28/h8,11,14-15,19-21,24-26,29H,2-7,9-10,12-13,16-18,37H2,1H3,(H,38,41)/t19?,20-,21-,24?,25-,26+,29-/m0/s1. The molecule has 3 atom stereocenters. The second-order valence-electron chi connectivity index (χ2n) is 13.4. The molecule has 246 valence electrons. The average Bonchev–Trinajstić information content (AvgIpc) is 3.76. The maximum Gasteiger partial charge on any atom is 0.357 e. The van der Waals surface area contributed by atoms with E-state index in [1.165, 1.54) is 10.6 Å². The zero-order chi connectivity index (χ0) is 31.9. The van der Waals surface area contributed by atoms with E-state index >= 15 is 0 Å². The van der Waals surface area contributed by atoms with Gasteiger partial charge >= 0.3 is 5.97 Å². The number of nitrogens with one attached hydrogen (secondary N) is 1. The number of fused-ring (bicyclic) bond motifs is 3. The van der Waals surface area contributed by atoms with E-state index in [4.69, 9.17) is 15.2 Å². The number of likely N-dealkylation sites (tertiary alicyclic amines) is 1. The first-order valence-corrected chi connectivity index (χ1v) is 16.2. The lowest BCUT2D eigenvalue weighted by Crippen LogP contribution is -2.50. The van der Waals surface area contributed by atoms with Gasteiger partial charge in [-0.15, -0.1) is 0 Å². The first kappa shape index (κ1) is 31.8. The van der Waals surface area contributed by atoms with Crippen molar-refractivity contribution in [2.75, 3.05) is 39.0 Å². The van der Waals surface area contributed by atoms with Gasteiger partial charge < -0.3 is 25.4 Å². The van der Waals surface area contributed by atoms with Crippen molar-refractivity contribution in [3.8, 4) is 0 Å². The van der Waals surface area contributed by atoms with Crippen molar-refractivity contribution in [1.82, 2.24) is 9.47 Å². The Kier molecular flexibility index (Phi) is 9.16. The SMILES string of the molecule is COC1CCC([C@@H]2CCN(C(=O)[C@H]3CC[C@H]([C@H](N)CF)CC3)[C@@H]2C(=O)Nc2ccc3c(c2)cc2n3C(CF)(CF)OC2=O)CC1. The molecule has 9 nitrogen and oxygen atoms in total. The van der Waals surface area contributed by atoms with Crippen LogP contribution in [0.2, 0.25) is 0 Å². The molecule has 1 aromatic carbocycles. The molecule has 0 radical (unpaired) electrons. The van der Waals surface area contributed by atoms with Crippen molar-refractivity contribution in [2.24, 2.45) is 29.4 Å². The topological polar surface area (TPSA) is 116 Å². The fourth-order valence-electron chi connectivity index (χ4n) is 8.38. The van der Waals surface area contributed by atoms with Crippen LogP contribution in [0.25, 0.3) is 10.9 Å². The van der Waals surface area contributed by atoms with E-state index in [2.05, 4.69) is 5.32 Å². The third-order valence-corrected chi connectivity index (χ3v) is 10.9. The summed E-state index contributed by atoms with van der Waals surface area (Å²) in [6.07, 6.45) is 7.25. The van der Waals surface area contributed by atoms with E-state index in [0.717, 1.165) is 32.1 Å². The van der Waals surface area contributed by atoms with Crippen LogP contribution >= 0.6 is 0 Å². The molecule has 1 saturated heterocycles. The Labute approximate surface area is 260 Å². The molecule has 0 unspecified atom stereocenters. The molecule has 12 heteroatoms. The number of halogens is 3. The molecular weight excluding hydrogens is 589 g/mol. The highest BCUT2D eigenvalue weighted by molar-refractivity contribution is 6.02. The minimum atomic E-state index is -2.03. The molecule has 2 aliphatic carbocycles. The molecule has 45 heavy (non-hydrogen) atoms. The van der Waals surface area contributed by atoms with Crippen LogP contribution in [-0.4, -0.2) is 79.1 Å². The van der Waals surface area contributed by atoms with Crippen molar-refractivity contribution < 1.29 is 37.0 Å². The molecule has 2 aromatic rings. The molecule has 0 bridgehead atoms. The first-order chi connectivity index (χ1) is 21.7. The van der Waals surface area contributed by atoms with Crippen LogP contribution in [-0.2, 0) is 24.8 Å². The summed E-state index contributed by atoms with van der Waals surface area (Å²) in [5, 5.41) is 3.55. The number of carbonyl (C=O) groups is 3. The molecule has 4 aliphatic rings. The summed E-state index contributed by atoms with van der Waals surface area (Å²) >= 11 is 0. The minimum Gasteiger partial charge on any atom is -0.428 e. The Balaban J connectivity index is 1.23. The van der Waals surface area contributed by atoms with Crippen LogP contribution in [0.1, 0.15) is 68.3 Å². The number of methoxy groups -OCH3 is 1. The number of hydrogen-bond acceptors (Lipinski definition) is 6. The van der Waals surface area contributed by atoms with E-state index in [-0.39, 0.29) is 47.3 Å². The Hall–Kier alpha value is -3.12. The lowest BCUT2D eigenvalue weighted by molar-refractivity contribution is -0.142. The summed E-state index contributed by atoms with van der Waals surface area (Å²) in [6, 6.07) is 5.26. The minimum absolute atomic E-state index is 0.00503. The number of alkyl halides is 3. The highest BCUT2D eigenvalue weighted by atomic mass is 19.1. The number of hydrogen-bond donors (Lipinski definition) is 2. The number of nitrogens with zero attached hydrogens (tertiary/aromatic N) is 2. The van der Waals surface area contributed by atoms with Gasteiger partial charge in [-0.1, -0.05) is 0 Å². The molecule has 2 saturated carbocycles. The predicted molar refractivity (Wildman–Crippen MR) is 162 cm³/mol. The molecule has 2 aliphatic heterocycles. The molecule has 6 rings (SSSR count). The monoisotopic (exact) mass is 632 g/mol. The van der Waals surface area contributed by atoms with Gasteiger partial charge in [0.15, 0.2) is 13.3 Å². The van der Waals surface area contributed by atoms with Crippen molar-refractivity contribution in [3.05, 3.63) is 30.0 Å². The first-order valence-electron chi connectivity index (χ1n) is 16.2. The van der Waals surface area contributed by atoms with E-state index in [9.17, 15) is 27.6 Å². The van der Waals surface area contributed by atoms with Crippen molar-refractivity contribution in [1.29, 1.82) is 0 Å². The van der Waals surface area contributed by atoms with Crippen LogP contribution in [0.4, 0.5) is 18.9 Å². The maximum absolute atomic E-state index is 14.1. The molecule has 3 fully saturated rings. The Morgan fingerprint density at radius 3 is 2.40 bits per heavy atom. The average molecular weight is 633 g/mol. The van der Waals surface area contributed by atoms with Gasteiger partial charge in [0.25, 0.3) is 0 Å². The number of amides is 2. The van der Waals surface area contributed by atoms with Gasteiger partial charge in [0, 0.05) is 36.7 Å². The van der Waals surface area contributed by atoms with Gasteiger partial charge in [0.05, 0.1) is 11.6 Å². The second-order valence-corrected chi connectivity index (χ2v) is 13.4. The second kappa shape index (κ2) is 12.9. The Morgan fingerprint density at radius 1 is 1.04 bits per heavy atom. The number of nitrogens with two attached hydrogens (primary N) is 1. The summed E-state index contributed by atoms with van der Waals surface area (Å²) < 4.78 is 52.9. The van der Waals surface area contributed by atoms with E-state index in [0.29, 0.717) is 48.8 Å². The number of anilines is 1. The van der Waals surface area contributed by atoms with E-state index < -0.39 is 43.8 Å². The number of esters is 1. The predicted octanol–water partition coefficient (Wildman–Crippen LogP) is 4.87. The van der Waals surface area contributed by atoms with Crippen molar-refractivity contribution in [2.45, 2.75) is 81.7 Å². The number of benzene rings is 1. The number of rotatable bonds is 9. The van der Waals surface area contributed by atoms with Crippen molar-refractivity contribution >= 4 is 34.4 Å². The molecule has 1 aromatic heterocycles. The van der Waals surface area contributed by atoms with Crippen LogP contribution in [0.5, 0.6) is 0 Å². The highest BCUT2D eigenvalue weighted by Gasteiger charge is 2.49. The lowest BCUT2D eigenvalue weighted by atomic mass is 9.75. The number of ether oxygens (including phenoxy) is 2. The molecule has 0 spiro atoms. The van der Waals surface area contributed by atoms with Crippen molar-refractivity contribution in [3.63, 3.8) is 0 Å². The van der Waals surface area contributed by atoms with Crippen LogP contribution in [0.3, 0.4) is 0 Å². The fourth-order valence-corrected chi connectivity index (χ4v) is 8.38. The number of carbonyl (C=O) groups excluding carboxylic acids is 3. The summed E-state index contributed by atoms with van der Waals surface area (Å²) in [4.78, 5) is 42.3. The molecular formula is C33H43F3N4O5. The third kappa shape index (κ3) is 5.73. The summed E-state index contributed by atoms with van der Waals surface area (Å²) in [7, 11) is 1.72. The number of aromatic nitrogens is 1. The summed E-state index contributed by atoms with van der Waals surface area (Å²) in [5.41, 5.74) is 4.83. The summed E-state index contributed by atoms with van der Waals surface area (Å²) in [6.45, 7) is -2.50. The van der Waals surface area contributed by atoms with Gasteiger partial charge in [0.2, 0.25) is 17.5 Å². The molecule has 3 N–H and O–H groups in total. The molecule has 2 amide bonds. The fraction of sp³-hybridized carbons (Fsp3) is 0.667. The Bertz CT molecular complexity index is 1410. The van der Waals surface area contributed by atoms with Crippen LogP contribution < -0.4 is 11.1 Å². The van der Waals surface area contributed by atoms with E-state index in [1.807, 2.05) is 0 Å². The van der Waals surface area contributed by atoms with E-state index in [1.54, 1.807) is 30.2 Å². The highest BCUT2D eigenvalue weighted by Crippen LogP contribution is 2.42. The zero-order valence-corrected chi connectivity index (χ0v) is 25.7. The maximum atomic E-state index is 14.1. The van der Waals surface area contributed by atoms with Gasteiger partial charge in [0.1, 0.15) is 18.4 Å². The van der Waals surface area contributed by atoms with Crippen LogP contribution in [0.15, 0.2) is 24.3 Å². The van der Waals surface area contributed by atoms with Crippen LogP contribution in [0, 0.1) is 23.7 Å². The van der Waals surface area contributed by atoms with Gasteiger partial charge in [-0.3, -0.25) is 14.2 Å². The normalized spacial score (nSPS) is 30.2. The lowest BCUT2D eigenvalue weighted by Gasteiger charge is -2.37. The Morgan fingerprint density at radius 2 is 1.76 bits per heavy atom. The summed E-state index contributed by atoms with van der Waals surface area (Å²) in [5.74, 6) is -0.998. The smallest absolute Gasteiger partial charge is 0.357 e. The van der Waals surface area contributed by atoms with Gasteiger partial charge in [-0.2, -0.15) is 0 Å². The number of cyclic esters (lactones) is 1.